The molecule has 1 aliphatic heterocycles. The second kappa shape index (κ2) is 21.9. The molecule has 1 saturated heterocycles. The predicted molar refractivity (Wildman–Crippen MR) is 231 cm³/mol. The van der Waals surface area contributed by atoms with Gasteiger partial charge in [-0.05, 0) is 82.1 Å². The number of hydrogen-bond donors (Lipinski definition) is 3. The molecule has 4 aromatic rings. The molecule has 5 rings (SSSR count). The molecule has 1 fully saturated rings. The number of carbonyl (C=O) groups is 2. The minimum absolute atomic E-state index is 0.00783. The maximum absolute atomic E-state index is 15.1. The average molecular weight is 956 g/mol. The van der Waals surface area contributed by atoms with Gasteiger partial charge in [0.15, 0.2) is 17.4 Å². The van der Waals surface area contributed by atoms with Crippen LogP contribution in [-0.4, -0.2) is 82.7 Å². The van der Waals surface area contributed by atoms with Crippen LogP contribution in [0, 0.1) is 16.7 Å². The lowest BCUT2D eigenvalue weighted by Gasteiger charge is -2.32. The highest BCUT2D eigenvalue weighted by atomic mass is 35.5. The first-order valence-corrected chi connectivity index (χ1v) is 23.7. The van der Waals surface area contributed by atoms with E-state index >= 15 is 4.57 Å². The number of fused-ring (bicyclic) bond motifs is 1. The fraction of sp³-hybridized carbons (Fsp3) is 0.487. The van der Waals surface area contributed by atoms with Gasteiger partial charge in [0.05, 0.1) is 39.3 Å². The Kier molecular flexibility index (Phi) is 17.2. The van der Waals surface area contributed by atoms with Crippen LogP contribution in [0.4, 0.5) is 5.95 Å². The molecule has 0 radical (unpaired) electrons. The monoisotopic (exact) mass is 954 g/mol. The summed E-state index contributed by atoms with van der Waals surface area (Å²) < 4.78 is 78.1. The Hall–Kier alpha value is -4.54. The summed E-state index contributed by atoms with van der Waals surface area (Å²) in [6.45, 7) is 7.62. The first-order chi connectivity index (χ1) is 30.0. The number of carbonyl (C=O) groups excluding carboxylic acids is 2. The van der Waals surface area contributed by atoms with Gasteiger partial charge < -0.3 is 33.7 Å². The van der Waals surface area contributed by atoms with Crippen molar-refractivity contribution in [2.75, 3.05) is 32.7 Å². The molecule has 8 atom stereocenters. The Labute approximate surface area is 374 Å². The van der Waals surface area contributed by atoms with Crippen molar-refractivity contribution < 1.29 is 55.8 Å². The van der Waals surface area contributed by atoms with E-state index in [1.807, 2.05) is 13.8 Å². The second-order valence-electron chi connectivity index (χ2n) is 14.5. The van der Waals surface area contributed by atoms with Gasteiger partial charge in [-0.2, -0.15) is 25.4 Å². The molecular weight excluding hydrogens is 905 g/mol. The number of anilines is 1. The second-order valence-corrected chi connectivity index (χ2v) is 18.7. The number of rotatable bonds is 23. The van der Waals surface area contributed by atoms with Gasteiger partial charge in [0.25, 0.3) is 0 Å². The molecule has 24 heteroatoms. The van der Waals surface area contributed by atoms with E-state index in [1.54, 1.807) is 0 Å². The third-order valence-corrected chi connectivity index (χ3v) is 13.3. The minimum Gasteiger partial charge on any atom is -0.479 e. The van der Waals surface area contributed by atoms with Crippen molar-refractivity contribution in [2.45, 2.75) is 90.8 Å². The summed E-state index contributed by atoms with van der Waals surface area (Å²) in [5.74, 6) is -1.61. The van der Waals surface area contributed by atoms with Crippen LogP contribution in [0.2, 0.25) is 10.0 Å². The number of methoxy groups -OCH3 is 1. The van der Waals surface area contributed by atoms with Crippen molar-refractivity contribution in [3.8, 4) is 23.4 Å². The van der Waals surface area contributed by atoms with Gasteiger partial charge in [0.1, 0.15) is 41.2 Å². The summed E-state index contributed by atoms with van der Waals surface area (Å²) in [7, 11) is -8.04. The van der Waals surface area contributed by atoms with E-state index in [-0.39, 0.29) is 47.7 Å². The first-order valence-electron chi connectivity index (χ1n) is 19.9. The number of aromatic nitrogens is 4. The average Bonchev–Trinajstić information content (AvgIpc) is 3.78. The molecule has 2 aromatic heterocycles. The minimum atomic E-state index is -4.79. The maximum Gasteiger partial charge on any atom is 0.459 e. The lowest BCUT2D eigenvalue weighted by atomic mass is 9.84. The number of nitrogens with one attached hydrogen (secondary N) is 2. The van der Waals surface area contributed by atoms with Gasteiger partial charge in [-0.1, -0.05) is 49.9 Å². The Balaban J connectivity index is 1.58. The fourth-order valence-corrected chi connectivity index (χ4v) is 9.67. The van der Waals surface area contributed by atoms with Gasteiger partial charge in [-0.15, -0.1) is 0 Å². The molecule has 0 spiro atoms. The Bertz CT molecular complexity index is 2340. The molecule has 0 aliphatic carbocycles. The lowest BCUT2D eigenvalue weighted by Crippen LogP contribution is -2.43. The van der Waals surface area contributed by atoms with Gasteiger partial charge in [-0.3, -0.25) is 23.2 Å². The lowest BCUT2D eigenvalue weighted by molar-refractivity contribution is -0.146. The van der Waals surface area contributed by atoms with Crippen LogP contribution in [0.15, 0.2) is 54.9 Å². The zero-order chi connectivity index (χ0) is 46.0. The summed E-state index contributed by atoms with van der Waals surface area (Å²) in [6.07, 6.45) is -0.470. The SMILES string of the molecule is CCCCOC(=O)[C@H](C)NP(=O)(OC[C@H]1O[C@@H](n2cnc3c(OC)nc(N)nc32)[C@](C)(C#N)[C@@H]1OP(=O)(N[C@@H](C)C(=O)OCCCC)Oc1ccc(Cl)cc1)Oc1ccc(Cl)cc1. The number of nitrogen functional groups attached to an aromatic ring is 1. The van der Waals surface area contributed by atoms with Crippen LogP contribution in [0.25, 0.3) is 11.2 Å². The number of nitrogens with two attached hydrogens (primary N) is 1. The Morgan fingerprint density at radius 2 is 1.44 bits per heavy atom. The highest BCUT2D eigenvalue weighted by Gasteiger charge is 2.60. The standard InChI is InChI=1S/C39H50Cl2N8O12P2/c1-7-9-19-55-35(50)24(3)47-62(52,59-28-15-11-26(40)12-16-28)57-21-30-32(39(5,22-42)37(58-30)49-23-44-31-33(49)45-38(43)46-34(31)54-6)61-63(53,60-29-17-13-27(41)14-18-29)48-25(4)36(51)56-20-10-8-2/h11-18,23-25,30,32,37H,7-10,19-21H2,1-6H3,(H,47,52)(H,48,53)(H2,43,45,46)/t24-,25-,30+,32+,37+,39+,62?,63?/m0/s1. The van der Waals surface area contributed by atoms with Gasteiger partial charge in [0, 0.05) is 10.0 Å². The number of imidazole rings is 1. The molecule has 0 amide bonds. The van der Waals surface area contributed by atoms with Crippen molar-refractivity contribution >= 4 is 67.7 Å². The first kappa shape index (κ1) is 49.5. The molecule has 342 valence electrons. The van der Waals surface area contributed by atoms with E-state index in [0.29, 0.717) is 22.9 Å². The normalized spacial score (nSPS) is 21.3. The Morgan fingerprint density at radius 1 is 0.921 bits per heavy atom. The summed E-state index contributed by atoms with van der Waals surface area (Å²) in [6, 6.07) is 11.4. The molecule has 2 aromatic carbocycles. The predicted octanol–water partition coefficient (Wildman–Crippen LogP) is 7.57. The number of esters is 2. The zero-order valence-corrected chi connectivity index (χ0v) is 38.7. The number of nitrogens with zero attached hydrogens (tertiary/aromatic N) is 5. The third-order valence-electron chi connectivity index (χ3n) is 9.47. The number of unbranched alkanes of at least 4 members (excludes halogenated alkanes) is 2. The molecule has 4 N–H and O–H groups in total. The quantitative estimate of drug-likeness (QED) is 0.0368. The van der Waals surface area contributed by atoms with Crippen LogP contribution >= 0.6 is 38.7 Å². The maximum atomic E-state index is 15.1. The molecule has 3 heterocycles. The molecule has 63 heavy (non-hydrogen) atoms. The largest absolute Gasteiger partial charge is 0.479 e. The van der Waals surface area contributed by atoms with Crippen LogP contribution in [0.5, 0.6) is 17.4 Å². The summed E-state index contributed by atoms with van der Waals surface area (Å²) in [4.78, 5) is 38.9. The molecule has 0 saturated carbocycles. The van der Waals surface area contributed by atoms with Crippen LogP contribution < -0.4 is 29.7 Å². The third kappa shape index (κ3) is 12.6. The summed E-state index contributed by atoms with van der Waals surface area (Å²) in [5, 5.41) is 17.0. The molecular formula is C39H50Cl2N8O12P2. The number of benzene rings is 2. The van der Waals surface area contributed by atoms with Crippen molar-refractivity contribution in [1.82, 2.24) is 29.7 Å². The molecule has 2 unspecified atom stereocenters. The van der Waals surface area contributed by atoms with Gasteiger partial charge in [-0.25, -0.2) is 14.1 Å². The highest BCUT2D eigenvalue weighted by Crippen LogP contribution is 2.56. The number of nitriles is 1. The van der Waals surface area contributed by atoms with Crippen molar-refractivity contribution in [3.63, 3.8) is 0 Å². The van der Waals surface area contributed by atoms with E-state index in [9.17, 15) is 19.4 Å². The summed E-state index contributed by atoms with van der Waals surface area (Å²) in [5.41, 5.74) is 4.40. The number of hydrogen-bond acceptors (Lipinski definition) is 17. The number of ether oxygens (including phenoxy) is 4. The van der Waals surface area contributed by atoms with Crippen molar-refractivity contribution in [1.29, 1.82) is 5.26 Å². The van der Waals surface area contributed by atoms with E-state index in [0.717, 1.165) is 12.8 Å². The zero-order valence-electron chi connectivity index (χ0n) is 35.4. The van der Waals surface area contributed by atoms with E-state index < -0.39 is 70.0 Å². The molecule has 20 nitrogen and oxygen atoms in total. The number of halogens is 2. The van der Waals surface area contributed by atoms with E-state index in [4.69, 9.17) is 66.0 Å². The van der Waals surface area contributed by atoms with Crippen LogP contribution in [0.1, 0.15) is 66.5 Å². The van der Waals surface area contributed by atoms with Gasteiger partial charge in [0.2, 0.25) is 11.8 Å². The van der Waals surface area contributed by atoms with Crippen molar-refractivity contribution in [2.24, 2.45) is 5.41 Å². The van der Waals surface area contributed by atoms with Gasteiger partial charge >= 0.3 is 27.4 Å². The van der Waals surface area contributed by atoms with E-state index in [1.165, 1.54) is 87.3 Å². The fourth-order valence-electron chi connectivity index (χ4n) is 6.12. The van der Waals surface area contributed by atoms with E-state index in [2.05, 4.69) is 31.2 Å². The topological polar surface area (TPSA) is 260 Å². The Morgan fingerprint density at radius 3 is 1.95 bits per heavy atom. The molecule has 0 bridgehead atoms. The smallest absolute Gasteiger partial charge is 0.459 e. The molecule has 1 aliphatic rings. The van der Waals surface area contributed by atoms with Crippen molar-refractivity contribution in [3.05, 3.63) is 64.9 Å². The van der Waals surface area contributed by atoms with Crippen LogP contribution in [0.3, 0.4) is 0 Å². The van der Waals surface area contributed by atoms with Crippen LogP contribution in [-0.2, 0) is 42.0 Å². The highest BCUT2D eigenvalue weighted by molar-refractivity contribution is 7.52. The summed E-state index contributed by atoms with van der Waals surface area (Å²) >= 11 is 12.2.